The highest BCUT2D eigenvalue weighted by Crippen LogP contribution is 2.27. The number of aliphatic imine (C=N–C) groups is 2. The standard InChI is InChI=1S/C21H18N6O/c1-27-12-15(9-25-27)14-7-16-17(10-23-20(16)22-8-14)21-24-11-18(26-21)19(28)13-5-3-2-4-6-13/h2-10,12,19,28H,11H2,1H3,(H,22,23). The van der Waals surface area contributed by atoms with Gasteiger partial charge < -0.3 is 10.1 Å². The van der Waals surface area contributed by atoms with Gasteiger partial charge in [0.25, 0.3) is 0 Å². The third-order valence-corrected chi connectivity index (χ3v) is 4.88. The van der Waals surface area contributed by atoms with Gasteiger partial charge >= 0.3 is 0 Å². The lowest BCUT2D eigenvalue weighted by Crippen LogP contribution is -2.13. The molecule has 1 aliphatic rings. The molecule has 3 aromatic heterocycles. The van der Waals surface area contributed by atoms with Gasteiger partial charge in [0.15, 0.2) is 5.84 Å². The van der Waals surface area contributed by atoms with Gasteiger partial charge in [-0.05, 0) is 11.6 Å². The number of hydrogen-bond donors (Lipinski definition) is 2. The Morgan fingerprint density at radius 1 is 1.14 bits per heavy atom. The van der Waals surface area contributed by atoms with Crippen LogP contribution >= 0.6 is 0 Å². The number of aryl methyl sites for hydroxylation is 1. The first-order valence-electron chi connectivity index (χ1n) is 9.00. The quantitative estimate of drug-likeness (QED) is 0.579. The van der Waals surface area contributed by atoms with Crippen molar-refractivity contribution in [2.75, 3.05) is 6.54 Å². The second kappa shape index (κ2) is 6.54. The van der Waals surface area contributed by atoms with E-state index < -0.39 is 6.10 Å². The molecule has 1 aliphatic heterocycles. The molecule has 0 amide bonds. The molecule has 1 aromatic carbocycles. The van der Waals surface area contributed by atoms with Crippen molar-refractivity contribution in [3.05, 3.63) is 72.3 Å². The topological polar surface area (TPSA) is 91.5 Å². The van der Waals surface area contributed by atoms with E-state index in [0.717, 1.165) is 33.3 Å². The zero-order valence-corrected chi connectivity index (χ0v) is 15.2. The molecular weight excluding hydrogens is 352 g/mol. The van der Waals surface area contributed by atoms with Crippen molar-refractivity contribution in [3.8, 4) is 11.1 Å². The first-order valence-corrected chi connectivity index (χ1v) is 9.00. The molecule has 2 N–H and O–H groups in total. The van der Waals surface area contributed by atoms with E-state index in [9.17, 15) is 5.11 Å². The number of aliphatic hydroxyl groups excluding tert-OH is 1. The summed E-state index contributed by atoms with van der Waals surface area (Å²) >= 11 is 0. The molecule has 0 radical (unpaired) electrons. The Balaban J connectivity index is 1.50. The summed E-state index contributed by atoms with van der Waals surface area (Å²) in [7, 11) is 1.89. The van der Waals surface area contributed by atoms with Gasteiger partial charge in [0.2, 0.25) is 0 Å². The van der Waals surface area contributed by atoms with Gasteiger partial charge in [-0.25, -0.2) is 9.98 Å². The van der Waals surface area contributed by atoms with E-state index in [2.05, 4.69) is 31.1 Å². The van der Waals surface area contributed by atoms with Gasteiger partial charge in [-0.2, -0.15) is 5.10 Å². The molecule has 1 atom stereocenters. The molecule has 138 valence electrons. The van der Waals surface area contributed by atoms with Gasteiger partial charge in [-0.3, -0.25) is 9.67 Å². The number of hydrogen-bond acceptors (Lipinski definition) is 5. The van der Waals surface area contributed by atoms with Crippen LogP contribution in [0.4, 0.5) is 0 Å². The van der Waals surface area contributed by atoms with E-state index in [-0.39, 0.29) is 0 Å². The molecule has 4 heterocycles. The molecule has 0 saturated heterocycles. The average Bonchev–Trinajstić information content (AvgIpc) is 3.46. The maximum Gasteiger partial charge on any atom is 0.157 e. The van der Waals surface area contributed by atoms with Crippen LogP contribution in [-0.4, -0.2) is 42.9 Å². The number of benzene rings is 1. The lowest BCUT2D eigenvalue weighted by molar-refractivity contribution is 0.246. The number of aliphatic hydroxyl groups is 1. The van der Waals surface area contributed by atoms with Crippen LogP contribution in [0, 0.1) is 0 Å². The molecule has 7 nitrogen and oxygen atoms in total. The Bertz CT molecular complexity index is 1220. The minimum absolute atomic E-state index is 0.383. The predicted octanol–water partition coefficient (Wildman–Crippen LogP) is 2.90. The van der Waals surface area contributed by atoms with E-state index >= 15 is 0 Å². The number of aromatic amines is 1. The fraction of sp³-hybridized carbons (Fsp3) is 0.143. The minimum atomic E-state index is -0.753. The molecule has 5 rings (SSSR count). The van der Waals surface area contributed by atoms with Crippen LogP contribution in [0.5, 0.6) is 0 Å². The second-order valence-electron chi connectivity index (χ2n) is 6.78. The molecule has 1 unspecified atom stereocenters. The van der Waals surface area contributed by atoms with Crippen molar-refractivity contribution >= 4 is 22.6 Å². The largest absolute Gasteiger partial charge is 0.382 e. The van der Waals surface area contributed by atoms with Gasteiger partial charge in [0, 0.05) is 47.7 Å². The summed E-state index contributed by atoms with van der Waals surface area (Å²) in [4.78, 5) is 16.9. The van der Waals surface area contributed by atoms with Crippen molar-refractivity contribution in [3.63, 3.8) is 0 Å². The summed E-state index contributed by atoms with van der Waals surface area (Å²) in [5.41, 5.74) is 5.10. The van der Waals surface area contributed by atoms with Crippen molar-refractivity contribution in [2.45, 2.75) is 6.10 Å². The molecule has 0 aliphatic carbocycles. The molecule has 0 spiro atoms. The highest BCUT2D eigenvalue weighted by Gasteiger charge is 2.22. The van der Waals surface area contributed by atoms with E-state index in [1.807, 2.05) is 62.2 Å². The number of nitrogens with zero attached hydrogens (tertiary/aromatic N) is 5. The fourth-order valence-corrected chi connectivity index (χ4v) is 3.40. The lowest BCUT2D eigenvalue weighted by atomic mass is 10.1. The smallest absolute Gasteiger partial charge is 0.157 e. The Morgan fingerprint density at radius 3 is 2.79 bits per heavy atom. The zero-order chi connectivity index (χ0) is 19.1. The Hall–Kier alpha value is -3.58. The molecular formula is C21H18N6O. The third-order valence-electron chi connectivity index (χ3n) is 4.88. The van der Waals surface area contributed by atoms with Gasteiger partial charge in [0.05, 0.1) is 18.5 Å². The molecule has 0 bridgehead atoms. The van der Waals surface area contributed by atoms with Crippen molar-refractivity contribution < 1.29 is 5.11 Å². The van der Waals surface area contributed by atoms with Crippen LogP contribution in [-0.2, 0) is 7.05 Å². The normalized spacial score (nSPS) is 14.9. The molecule has 4 aromatic rings. The predicted molar refractivity (Wildman–Crippen MR) is 109 cm³/mol. The number of rotatable bonds is 4. The molecule has 7 heteroatoms. The van der Waals surface area contributed by atoms with Crippen molar-refractivity contribution in [1.82, 2.24) is 19.7 Å². The molecule has 28 heavy (non-hydrogen) atoms. The Labute approximate surface area is 161 Å². The average molecular weight is 370 g/mol. The third kappa shape index (κ3) is 2.82. The van der Waals surface area contributed by atoms with E-state index in [1.165, 1.54) is 0 Å². The van der Waals surface area contributed by atoms with Crippen LogP contribution in [0.3, 0.4) is 0 Å². The van der Waals surface area contributed by atoms with Crippen LogP contribution < -0.4 is 0 Å². The number of fused-ring (bicyclic) bond motifs is 1. The number of pyridine rings is 1. The number of aromatic nitrogens is 4. The molecule has 0 fully saturated rings. The summed E-state index contributed by atoms with van der Waals surface area (Å²) in [5.74, 6) is 0.612. The summed E-state index contributed by atoms with van der Waals surface area (Å²) in [6, 6.07) is 11.6. The first-order chi connectivity index (χ1) is 13.7. The van der Waals surface area contributed by atoms with Crippen LogP contribution in [0.15, 0.2) is 71.2 Å². The zero-order valence-electron chi connectivity index (χ0n) is 15.2. The first kappa shape index (κ1) is 16.6. The number of H-pyrrole nitrogens is 1. The Kier molecular flexibility index (Phi) is 3.87. The lowest BCUT2D eigenvalue weighted by Gasteiger charge is -2.09. The number of nitrogens with one attached hydrogen (secondary N) is 1. The summed E-state index contributed by atoms with van der Waals surface area (Å²) in [5, 5.41) is 15.8. The van der Waals surface area contributed by atoms with Crippen molar-refractivity contribution in [2.24, 2.45) is 17.0 Å². The van der Waals surface area contributed by atoms with Crippen LogP contribution in [0.2, 0.25) is 0 Å². The minimum Gasteiger partial charge on any atom is -0.382 e. The number of amidine groups is 1. The SMILES string of the molecule is Cn1cc(-c2cnc3[nH]cc(C4=NCC(C(O)c5ccccc5)=N4)c3c2)cn1. The van der Waals surface area contributed by atoms with Crippen LogP contribution in [0.1, 0.15) is 17.2 Å². The highest BCUT2D eigenvalue weighted by molar-refractivity contribution is 6.17. The summed E-state index contributed by atoms with van der Waals surface area (Å²) in [6.07, 6.45) is 6.70. The van der Waals surface area contributed by atoms with E-state index in [1.54, 1.807) is 4.68 Å². The highest BCUT2D eigenvalue weighted by atomic mass is 16.3. The van der Waals surface area contributed by atoms with E-state index in [4.69, 9.17) is 0 Å². The summed E-state index contributed by atoms with van der Waals surface area (Å²) < 4.78 is 1.76. The van der Waals surface area contributed by atoms with Gasteiger partial charge in [-0.15, -0.1) is 0 Å². The van der Waals surface area contributed by atoms with Crippen molar-refractivity contribution in [1.29, 1.82) is 0 Å². The maximum atomic E-state index is 10.6. The fourth-order valence-electron chi connectivity index (χ4n) is 3.40. The Morgan fingerprint density at radius 2 is 2.00 bits per heavy atom. The molecule has 0 saturated carbocycles. The van der Waals surface area contributed by atoms with E-state index in [0.29, 0.717) is 18.1 Å². The second-order valence-corrected chi connectivity index (χ2v) is 6.78. The maximum absolute atomic E-state index is 10.6. The monoisotopic (exact) mass is 370 g/mol. The van der Waals surface area contributed by atoms with Gasteiger partial charge in [0.1, 0.15) is 11.8 Å². The van der Waals surface area contributed by atoms with Gasteiger partial charge in [-0.1, -0.05) is 30.3 Å². The summed E-state index contributed by atoms with van der Waals surface area (Å²) in [6.45, 7) is 0.383. The van der Waals surface area contributed by atoms with Crippen LogP contribution in [0.25, 0.3) is 22.2 Å².